The molecule has 128 valence electrons. The Morgan fingerprint density at radius 3 is 2.84 bits per heavy atom. The number of thiazole rings is 1. The Morgan fingerprint density at radius 1 is 1.32 bits per heavy atom. The molecule has 1 aromatic carbocycles. The molecule has 0 aliphatic carbocycles. The number of ether oxygens (including phenoxy) is 1. The third-order valence-electron chi connectivity index (χ3n) is 3.36. The Hall–Kier alpha value is -3.07. The normalized spacial score (nSPS) is 10.5. The van der Waals surface area contributed by atoms with Crippen LogP contribution in [0.15, 0.2) is 40.5 Å². The van der Waals surface area contributed by atoms with Crippen molar-refractivity contribution in [3.63, 3.8) is 0 Å². The van der Waals surface area contributed by atoms with E-state index < -0.39 is 11.7 Å². The zero-order chi connectivity index (χ0) is 18.0. The van der Waals surface area contributed by atoms with E-state index in [0.29, 0.717) is 22.1 Å². The summed E-state index contributed by atoms with van der Waals surface area (Å²) in [5, 5.41) is 8.48. The summed E-state index contributed by atoms with van der Waals surface area (Å²) in [7, 11) is 2.94. The number of hydrogen-bond acceptors (Lipinski definition) is 6. The van der Waals surface area contributed by atoms with Crippen molar-refractivity contribution in [3.8, 4) is 17.0 Å². The topological polar surface area (TPSA) is 86.1 Å². The van der Waals surface area contributed by atoms with Crippen molar-refractivity contribution in [2.45, 2.75) is 0 Å². The van der Waals surface area contributed by atoms with Crippen LogP contribution in [0.5, 0.6) is 5.75 Å². The second kappa shape index (κ2) is 6.81. The van der Waals surface area contributed by atoms with E-state index in [9.17, 15) is 14.0 Å². The maximum Gasteiger partial charge on any atom is 0.277 e. The molecule has 2 aromatic heterocycles. The quantitative estimate of drug-likeness (QED) is 0.772. The molecule has 2 heterocycles. The first-order chi connectivity index (χ1) is 12.0. The molecule has 0 spiro atoms. The molecule has 0 unspecified atom stereocenters. The third-order valence-corrected chi connectivity index (χ3v) is 4.11. The molecule has 7 nitrogen and oxygen atoms in total. The van der Waals surface area contributed by atoms with Crippen LogP contribution in [-0.4, -0.2) is 27.8 Å². The van der Waals surface area contributed by atoms with Crippen LogP contribution in [0.4, 0.5) is 9.52 Å². The SMILES string of the molecule is COc1ccc(F)cc1-c1csc(NC(=O)c2ccc(=O)n(C)n2)n1. The molecule has 0 fully saturated rings. The summed E-state index contributed by atoms with van der Waals surface area (Å²) >= 11 is 1.18. The molecule has 1 N–H and O–H groups in total. The highest BCUT2D eigenvalue weighted by Gasteiger charge is 2.14. The lowest BCUT2D eigenvalue weighted by molar-refractivity contribution is 0.102. The van der Waals surface area contributed by atoms with E-state index in [1.165, 1.54) is 55.8 Å². The minimum atomic E-state index is -0.497. The summed E-state index contributed by atoms with van der Waals surface area (Å²) in [4.78, 5) is 27.8. The molecule has 3 aromatic rings. The molecule has 0 saturated carbocycles. The molecule has 0 aliphatic rings. The summed E-state index contributed by atoms with van der Waals surface area (Å²) in [5.74, 6) is -0.434. The maximum atomic E-state index is 13.5. The van der Waals surface area contributed by atoms with Crippen LogP contribution < -0.4 is 15.6 Å². The highest BCUT2D eigenvalue weighted by molar-refractivity contribution is 7.14. The number of carbonyl (C=O) groups excluding carboxylic acids is 1. The Kier molecular flexibility index (Phi) is 4.57. The van der Waals surface area contributed by atoms with E-state index in [-0.39, 0.29) is 11.3 Å². The fraction of sp³-hybridized carbons (Fsp3) is 0.125. The summed E-state index contributed by atoms with van der Waals surface area (Å²) in [5.41, 5.74) is 0.734. The van der Waals surface area contributed by atoms with Crippen molar-refractivity contribution in [3.05, 3.63) is 57.6 Å². The predicted octanol–water partition coefficient (Wildman–Crippen LogP) is 2.30. The van der Waals surface area contributed by atoms with Gasteiger partial charge in [-0.05, 0) is 24.3 Å². The average Bonchev–Trinajstić information content (AvgIpc) is 3.05. The number of amides is 1. The molecule has 0 aliphatic heterocycles. The molecule has 0 bridgehead atoms. The molecule has 3 rings (SSSR count). The van der Waals surface area contributed by atoms with Gasteiger partial charge in [0.15, 0.2) is 5.13 Å². The van der Waals surface area contributed by atoms with E-state index in [1.807, 2.05) is 0 Å². The lowest BCUT2D eigenvalue weighted by Crippen LogP contribution is -2.23. The minimum absolute atomic E-state index is 0.0854. The zero-order valence-electron chi connectivity index (χ0n) is 13.3. The van der Waals surface area contributed by atoms with Crippen LogP contribution in [-0.2, 0) is 7.05 Å². The first-order valence-electron chi connectivity index (χ1n) is 7.13. The van der Waals surface area contributed by atoms with Gasteiger partial charge in [0.1, 0.15) is 17.3 Å². The van der Waals surface area contributed by atoms with Gasteiger partial charge in [-0.2, -0.15) is 5.10 Å². The number of methoxy groups -OCH3 is 1. The van der Waals surface area contributed by atoms with Crippen LogP contribution in [0.25, 0.3) is 11.3 Å². The fourth-order valence-electron chi connectivity index (χ4n) is 2.12. The monoisotopic (exact) mass is 360 g/mol. The fourth-order valence-corrected chi connectivity index (χ4v) is 2.83. The first-order valence-corrected chi connectivity index (χ1v) is 8.01. The third kappa shape index (κ3) is 3.56. The van der Waals surface area contributed by atoms with Crippen LogP contribution in [0.3, 0.4) is 0 Å². The van der Waals surface area contributed by atoms with Crippen molar-refractivity contribution in [1.82, 2.24) is 14.8 Å². The summed E-state index contributed by atoms with van der Waals surface area (Å²) in [6, 6.07) is 6.71. The van der Waals surface area contributed by atoms with E-state index in [0.717, 1.165) is 4.68 Å². The molecule has 25 heavy (non-hydrogen) atoms. The summed E-state index contributed by atoms with van der Waals surface area (Å²) < 4.78 is 19.8. The number of aryl methyl sites for hydroxylation is 1. The number of carbonyl (C=O) groups is 1. The number of aromatic nitrogens is 3. The van der Waals surface area contributed by atoms with E-state index >= 15 is 0 Å². The van der Waals surface area contributed by atoms with Crippen molar-refractivity contribution >= 4 is 22.4 Å². The Morgan fingerprint density at radius 2 is 2.12 bits per heavy atom. The molecule has 0 saturated heterocycles. The Balaban J connectivity index is 1.84. The molecule has 9 heteroatoms. The van der Waals surface area contributed by atoms with Gasteiger partial charge in [0.25, 0.3) is 11.5 Å². The smallest absolute Gasteiger partial charge is 0.277 e. The number of hydrogen-bond donors (Lipinski definition) is 1. The van der Waals surface area contributed by atoms with E-state index in [2.05, 4.69) is 15.4 Å². The molecule has 1 amide bonds. The second-order valence-corrected chi connectivity index (χ2v) is 5.88. The van der Waals surface area contributed by atoms with Gasteiger partial charge < -0.3 is 4.74 Å². The molecule has 0 radical (unpaired) electrons. The lowest BCUT2D eigenvalue weighted by Gasteiger charge is -2.06. The highest BCUT2D eigenvalue weighted by atomic mass is 32.1. The number of halogens is 1. The number of nitrogens with zero attached hydrogens (tertiary/aromatic N) is 3. The second-order valence-electron chi connectivity index (χ2n) is 5.02. The zero-order valence-corrected chi connectivity index (χ0v) is 14.1. The van der Waals surface area contributed by atoms with Crippen molar-refractivity contribution in [2.75, 3.05) is 12.4 Å². The van der Waals surface area contributed by atoms with E-state index in [4.69, 9.17) is 4.74 Å². The van der Waals surface area contributed by atoms with Gasteiger partial charge in [-0.15, -0.1) is 11.3 Å². The predicted molar refractivity (Wildman–Crippen MR) is 91.5 cm³/mol. The highest BCUT2D eigenvalue weighted by Crippen LogP contribution is 2.32. The van der Waals surface area contributed by atoms with Gasteiger partial charge in [-0.1, -0.05) is 0 Å². The van der Waals surface area contributed by atoms with Crippen molar-refractivity contribution in [2.24, 2.45) is 7.05 Å². The number of nitrogens with one attached hydrogen (secondary N) is 1. The van der Waals surface area contributed by atoms with Crippen molar-refractivity contribution in [1.29, 1.82) is 0 Å². The standard InChI is InChI=1S/C16H13FN4O3S/c1-21-14(22)6-4-11(20-21)15(23)19-16-18-12(8-25-16)10-7-9(17)3-5-13(10)24-2/h3-8H,1-2H3,(H,18,19,23). The maximum absolute atomic E-state index is 13.5. The van der Waals surface area contributed by atoms with Gasteiger partial charge in [-0.25, -0.2) is 14.1 Å². The van der Waals surface area contributed by atoms with Crippen LogP contribution >= 0.6 is 11.3 Å². The average molecular weight is 360 g/mol. The van der Waals surface area contributed by atoms with Gasteiger partial charge in [-0.3, -0.25) is 14.9 Å². The lowest BCUT2D eigenvalue weighted by atomic mass is 10.1. The number of rotatable bonds is 4. The van der Waals surface area contributed by atoms with Crippen molar-refractivity contribution < 1.29 is 13.9 Å². The van der Waals surface area contributed by atoms with Gasteiger partial charge in [0, 0.05) is 24.1 Å². The van der Waals surface area contributed by atoms with Crippen LogP contribution in [0.2, 0.25) is 0 Å². The largest absolute Gasteiger partial charge is 0.496 e. The Bertz CT molecular complexity index is 999. The molecule has 0 atom stereocenters. The summed E-state index contributed by atoms with van der Waals surface area (Å²) in [6.07, 6.45) is 0. The van der Waals surface area contributed by atoms with Crippen LogP contribution in [0, 0.1) is 5.82 Å². The molecular weight excluding hydrogens is 347 g/mol. The van der Waals surface area contributed by atoms with E-state index in [1.54, 1.807) is 5.38 Å². The minimum Gasteiger partial charge on any atom is -0.496 e. The first kappa shape index (κ1) is 16.8. The van der Waals surface area contributed by atoms with Gasteiger partial charge in [0.2, 0.25) is 0 Å². The van der Waals surface area contributed by atoms with Crippen LogP contribution in [0.1, 0.15) is 10.5 Å². The summed E-state index contributed by atoms with van der Waals surface area (Å²) in [6.45, 7) is 0. The van der Waals surface area contributed by atoms with Gasteiger partial charge in [0.05, 0.1) is 12.8 Å². The Labute approximate surface area is 145 Å². The van der Waals surface area contributed by atoms with Gasteiger partial charge >= 0.3 is 0 Å². The molecular formula is C16H13FN4O3S. The number of anilines is 1. The number of benzene rings is 1.